The molecule has 0 radical (unpaired) electrons. The summed E-state index contributed by atoms with van der Waals surface area (Å²) in [6.45, 7) is 8.98. The van der Waals surface area contributed by atoms with E-state index in [9.17, 15) is 5.11 Å². The molecule has 0 amide bonds. The van der Waals surface area contributed by atoms with Crippen molar-refractivity contribution in [2.45, 2.75) is 5.60 Å². The van der Waals surface area contributed by atoms with Crippen LogP contribution in [0.5, 0.6) is 0 Å². The Morgan fingerprint density at radius 1 is 1.60 bits per heavy atom. The Bertz CT molecular complexity index is 19.1. The molecule has 1 heteroatoms. The van der Waals surface area contributed by atoms with Crippen molar-refractivity contribution in [2.75, 3.05) is 0 Å². The molecule has 0 aliphatic rings. The van der Waals surface area contributed by atoms with Crippen LogP contribution in [0.2, 0.25) is 0 Å². The van der Waals surface area contributed by atoms with Gasteiger partial charge in [-0.1, -0.05) is 0 Å². The fourth-order valence-corrected chi connectivity index (χ4v) is 0. The summed E-state index contributed by atoms with van der Waals surface area (Å²) < 4.78 is 0. The van der Waals surface area contributed by atoms with Crippen LogP contribution in [0.4, 0.5) is 0 Å². The van der Waals surface area contributed by atoms with Crippen molar-refractivity contribution in [1.29, 1.82) is 0 Å². The lowest BCUT2D eigenvalue weighted by Crippen LogP contribution is -2.33. The van der Waals surface area contributed by atoms with Gasteiger partial charge in [0.2, 0.25) is 0 Å². The van der Waals surface area contributed by atoms with Gasteiger partial charge in [0.25, 0.3) is 0 Å². The van der Waals surface area contributed by atoms with Gasteiger partial charge in [0, 0.05) is 0 Å². The normalized spacial score (nSPS) is 11.6. The highest BCUT2D eigenvalue weighted by Gasteiger charge is 1.94. The molecule has 0 aromatic carbocycles. The molecule has 0 fully saturated rings. The average Bonchev–Trinajstić information content (AvgIpc) is 0.722. The van der Waals surface area contributed by atoms with Gasteiger partial charge in [-0.2, -0.15) is 0 Å². The van der Waals surface area contributed by atoms with Crippen LogP contribution in [0.25, 0.3) is 0 Å². The number of hydrogen-bond acceptors (Lipinski definition) is 1. The van der Waals surface area contributed by atoms with Crippen LogP contribution in [-0.4, -0.2) is 5.60 Å². The van der Waals surface area contributed by atoms with Crippen molar-refractivity contribution in [3.8, 4) is 0 Å². The molecular weight excluding hydrogens is 64.0 g/mol. The van der Waals surface area contributed by atoms with Crippen molar-refractivity contribution >= 4 is 0 Å². The molecule has 28 valence electrons. The fraction of sp³-hybridized carbons (Fsp3) is 0.250. The molecular formula is C4H6O. The summed E-state index contributed by atoms with van der Waals surface area (Å²) in [5.41, 5.74) is -1.50. The smallest absolute Gasteiger partial charge is 0.0650 e. The molecule has 1 nitrogen and oxygen atoms in total. The van der Waals surface area contributed by atoms with Crippen LogP contribution in [0, 0.1) is 20.8 Å². The van der Waals surface area contributed by atoms with Gasteiger partial charge in [0.1, 0.15) is 0 Å². The van der Waals surface area contributed by atoms with Gasteiger partial charge >= 0.3 is 0 Å². The fourth-order valence-electron chi connectivity index (χ4n) is 0. The first kappa shape index (κ1) is 4.70. The van der Waals surface area contributed by atoms with Gasteiger partial charge < -0.3 is 5.11 Å². The van der Waals surface area contributed by atoms with Crippen LogP contribution in [-0.2, 0) is 0 Å². The third-order valence-electron chi connectivity index (χ3n) is 0. The first-order chi connectivity index (χ1) is 2.00. The van der Waals surface area contributed by atoms with E-state index >= 15 is 0 Å². The van der Waals surface area contributed by atoms with Crippen molar-refractivity contribution in [1.82, 2.24) is 0 Å². The maximum Gasteiger partial charge on any atom is 0.0650 e. The largest absolute Gasteiger partial charge is 0.801 e. The molecule has 5 heavy (non-hydrogen) atoms. The van der Waals surface area contributed by atoms with E-state index in [-0.39, 0.29) is 0 Å². The molecule has 0 aliphatic heterocycles. The number of rotatable bonds is 0. The second-order valence-electron chi connectivity index (χ2n) is 1.18. The topological polar surface area (TPSA) is 23.1 Å². The van der Waals surface area contributed by atoms with E-state index < -0.39 is 5.60 Å². The molecule has 0 aromatic heterocycles. The quantitative estimate of drug-likeness (QED) is 0.355. The molecule has 0 bridgehead atoms. The lowest BCUT2D eigenvalue weighted by atomic mass is 10.2. The molecule has 0 saturated carbocycles. The maximum atomic E-state index is 9.77. The first-order valence-corrected chi connectivity index (χ1v) is 1.26. The molecule has 0 aliphatic carbocycles. The lowest BCUT2D eigenvalue weighted by molar-refractivity contribution is -0.427. The molecule has 0 N–H and O–H groups in total. The Hall–Kier alpha value is -0.300. The third kappa shape index (κ3) is 119. The highest BCUT2D eigenvalue weighted by atomic mass is 16.3. The van der Waals surface area contributed by atoms with E-state index in [0.29, 0.717) is 0 Å². The van der Waals surface area contributed by atoms with Crippen LogP contribution in [0.1, 0.15) is 0 Å². The minimum Gasteiger partial charge on any atom is -0.801 e. The zero-order chi connectivity index (χ0) is 4.50. The molecule has 0 heterocycles. The van der Waals surface area contributed by atoms with Crippen LogP contribution in [0.3, 0.4) is 0 Å². The molecule has 0 atom stereocenters. The maximum absolute atomic E-state index is 9.77. The molecule has 0 unspecified atom stereocenters. The Balaban J connectivity index is 3.02. The molecule has 0 rings (SSSR count). The monoisotopic (exact) mass is 70.0 g/mol. The first-order valence-electron chi connectivity index (χ1n) is 1.26. The van der Waals surface area contributed by atoms with Crippen LogP contribution < -0.4 is 5.11 Å². The van der Waals surface area contributed by atoms with Gasteiger partial charge in [-0.25, -0.2) is 0 Å². The van der Waals surface area contributed by atoms with Gasteiger partial charge in [-0.15, -0.1) is 0 Å². The average molecular weight is 70.1 g/mol. The van der Waals surface area contributed by atoms with Gasteiger partial charge in [0.15, 0.2) is 0 Å². The molecule has 0 spiro atoms. The second-order valence-corrected chi connectivity index (χ2v) is 1.18. The van der Waals surface area contributed by atoms with Crippen LogP contribution in [0.15, 0.2) is 0 Å². The van der Waals surface area contributed by atoms with Crippen molar-refractivity contribution in [2.24, 2.45) is 0 Å². The van der Waals surface area contributed by atoms with Crippen molar-refractivity contribution < 1.29 is 5.11 Å². The van der Waals surface area contributed by atoms with E-state index in [1.165, 1.54) is 0 Å². The molecule has 0 saturated heterocycles. The SMILES string of the molecule is [CH2+]C([CH2+])([CH2-])[O-]. The van der Waals surface area contributed by atoms with E-state index in [0.717, 1.165) is 0 Å². The Labute approximate surface area is 32.6 Å². The van der Waals surface area contributed by atoms with Crippen LogP contribution >= 0.6 is 0 Å². The summed E-state index contributed by atoms with van der Waals surface area (Å²) in [4.78, 5) is 0. The summed E-state index contributed by atoms with van der Waals surface area (Å²) in [7, 11) is 0. The molecule has 0 aromatic rings. The summed E-state index contributed by atoms with van der Waals surface area (Å²) >= 11 is 0. The highest BCUT2D eigenvalue weighted by Crippen LogP contribution is 1.84. The van der Waals surface area contributed by atoms with E-state index in [1.807, 2.05) is 0 Å². The van der Waals surface area contributed by atoms with Gasteiger partial charge in [0.05, 0.1) is 19.4 Å². The zero-order valence-corrected chi connectivity index (χ0v) is 3.03. The predicted molar refractivity (Wildman–Crippen MR) is 18.8 cm³/mol. The highest BCUT2D eigenvalue weighted by molar-refractivity contribution is 4.83. The summed E-state index contributed by atoms with van der Waals surface area (Å²) in [5.74, 6) is 0. The van der Waals surface area contributed by atoms with E-state index in [2.05, 4.69) is 20.8 Å². The minimum atomic E-state index is -1.50. The standard InChI is InChI=1S/C4H6O/c1-4(2,3)5/h1-3H2. The Morgan fingerprint density at radius 3 is 1.60 bits per heavy atom. The lowest BCUT2D eigenvalue weighted by Gasteiger charge is -2.13. The van der Waals surface area contributed by atoms with E-state index in [4.69, 9.17) is 0 Å². The van der Waals surface area contributed by atoms with Crippen molar-refractivity contribution in [3.05, 3.63) is 20.8 Å². The predicted octanol–water partition coefficient (Wildman–Crippen LogP) is -0.412. The second kappa shape index (κ2) is 0.830. The minimum absolute atomic E-state index is 1.50. The Morgan fingerprint density at radius 2 is 1.60 bits per heavy atom. The zero-order valence-electron chi connectivity index (χ0n) is 3.03. The van der Waals surface area contributed by atoms with Gasteiger partial charge in [-0.3, -0.25) is 6.92 Å². The Kier molecular flexibility index (Phi) is 0.780. The van der Waals surface area contributed by atoms with Gasteiger partial charge in [-0.05, 0) is 0 Å². The summed E-state index contributed by atoms with van der Waals surface area (Å²) in [6, 6.07) is 0. The summed E-state index contributed by atoms with van der Waals surface area (Å²) in [5, 5.41) is 9.77. The van der Waals surface area contributed by atoms with E-state index in [1.54, 1.807) is 0 Å². The number of hydrogen-bond donors (Lipinski definition) is 0. The van der Waals surface area contributed by atoms with Crippen molar-refractivity contribution in [3.63, 3.8) is 0 Å². The third-order valence-corrected chi connectivity index (χ3v) is 0. The summed E-state index contributed by atoms with van der Waals surface area (Å²) in [6.07, 6.45) is 0.